The van der Waals surface area contributed by atoms with Crippen molar-refractivity contribution < 1.29 is 40.8 Å². The molecule has 0 aliphatic carbocycles. The summed E-state index contributed by atoms with van der Waals surface area (Å²) < 4.78 is 52.1. The third kappa shape index (κ3) is 9.92. The molecule has 3 heterocycles. The maximum Gasteiger partial charge on any atom is 0.355 e. The summed E-state index contributed by atoms with van der Waals surface area (Å²) in [4.78, 5) is 53.9. The Morgan fingerprint density at radius 1 is 0.789 bits per heavy atom. The Bertz CT molecular complexity index is 3130. The molecule has 0 saturated carbocycles. The van der Waals surface area contributed by atoms with Crippen LogP contribution in [-0.2, 0) is 54.6 Å². The molecule has 9 rings (SSSR count). The van der Waals surface area contributed by atoms with Gasteiger partial charge in [0.15, 0.2) is 16.9 Å². The van der Waals surface area contributed by atoms with E-state index in [0.29, 0.717) is 16.3 Å². The number of nitrogens with one attached hydrogen (secondary N) is 2. The number of carbonyl (C=O) groups is 3. The van der Waals surface area contributed by atoms with Crippen LogP contribution in [0, 0.1) is 6.92 Å². The summed E-state index contributed by atoms with van der Waals surface area (Å²) in [5.41, 5.74) is 3.51. The molecule has 2 aliphatic rings. The van der Waals surface area contributed by atoms with Crippen molar-refractivity contribution in [3.8, 4) is 0 Å². The lowest BCUT2D eigenvalue weighted by Crippen LogP contribution is -2.74. The van der Waals surface area contributed by atoms with Crippen LogP contribution in [0.4, 0.5) is 5.13 Å². The first-order valence-corrected chi connectivity index (χ1v) is 25.8. The van der Waals surface area contributed by atoms with Crippen molar-refractivity contribution in [2.24, 2.45) is 5.16 Å². The molecule has 0 radical (unpaired) electrons. The number of carbonyl (C=O) groups excluding carboxylic acids is 3. The highest BCUT2D eigenvalue weighted by atomic mass is 32.2. The van der Waals surface area contributed by atoms with Gasteiger partial charge in [0, 0.05) is 5.38 Å². The lowest BCUT2D eigenvalue weighted by atomic mass is 9.77. The van der Waals surface area contributed by atoms with Gasteiger partial charge in [-0.25, -0.2) is 9.78 Å². The average Bonchev–Trinajstić information content (AvgIpc) is 3.87. The zero-order valence-corrected chi connectivity index (χ0v) is 40.6. The summed E-state index contributed by atoms with van der Waals surface area (Å²) >= 11 is 1.22. The predicted octanol–water partition coefficient (Wildman–Crippen LogP) is 8.13. The normalized spacial score (nSPS) is 18.0. The fraction of sp³-hybridized carbons (Fsp3) is 0.130. The van der Waals surface area contributed by atoms with E-state index in [2.05, 4.69) is 15.8 Å². The molecule has 4 unspecified atom stereocenters. The second-order valence-corrected chi connectivity index (χ2v) is 20.4. The largest absolute Gasteiger partial charge is 0.448 e. The van der Waals surface area contributed by atoms with Gasteiger partial charge in [0.2, 0.25) is 0 Å². The van der Waals surface area contributed by atoms with E-state index in [1.807, 2.05) is 110 Å². The predicted molar refractivity (Wildman–Crippen MR) is 270 cm³/mol. The monoisotopic (exact) mass is 1000 g/mol. The highest BCUT2D eigenvalue weighted by Crippen LogP contribution is 2.41. The molecular weight excluding hydrogens is 959 g/mol. The number of thiazole rings is 1. The van der Waals surface area contributed by atoms with Gasteiger partial charge in [-0.15, -0.1) is 11.3 Å². The molecule has 0 spiro atoms. The van der Waals surface area contributed by atoms with Gasteiger partial charge in [0.25, 0.3) is 11.8 Å². The number of aromatic nitrogens is 1. The number of ether oxygens (including phenoxy) is 1. The van der Waals surface area contributed by atoms with E-state index in [-0.39, 0.29) is 22.0 Å². The summed E-state index contributed by atoms with van der Waals surface area (Å²) in [6, 6.07) is 52.3. The molecule has 0 bridgehead atoms. The minimum Gasteiger partial charge on any atom is -0.448 e. The molecule has 1 saturated heterocycles. The minimum atomic E-state index is -4.30. The van der Waals surface area contributed by atoms with E-state index in [9.17, 15) is 27.0 Å². The number of hydrogen-bond donors (Lipinski definition) is 2. The van der Waals surface area contributed by atoms with Crippen LogP contribution in [0.5, 0.6) is 0 Å². The van der Waals surface area contributed by atoms with Crippen molar-refractivity contribution in [3.63, 3.8) is 0 Å². The topological polar surface area (TPSA) is 183 Å². The van der Waals surface area contributed by atoms with Crippen molar-refractivity contribution in [2.75, 3.05) is 12.4 Å². The molecule has 71 heavy (non-hydrogen) atoms. The molecule has 358 valence electrons. The Balaban J connectivity index is 1.01. The Morgan fingerprint density at radius 3 is 1.83 bits per heavy atom. The van der Waals surface area contributed by atoms with E-state index in [1.54, 1.807) is 66.0 Å². The molecule has 17 heteroatoms. The Morgan fingerprint density at radius 2 is 1.31 bits per heavy atom. The Hall–Kier alpha value is -7.99. The van der Waals surface area contributed by atoms with E-state index in [0.717, 1.165) is 33.4 Å². The fourth-order valence-electron chi connectivity index (χ4n) is 8.44. The van der Waals surface area contributed by atoms with Gasteiger partial charge < -0.3 is 24.4 Å². The molecule has 2 aliphatic heterocycles. The van der Waals surface area contributed by atoms with Gasteiger partial charge in [-0.1, -0.05) is 175 Å². The number of hydrogen-bond acceptors (Lipinski definition) is 13. The molecule has 14 nitrogen and oxygen atoms in total. The van der Waals surface area contributed by atoms with Gasteiger partial charge in [0.1, 0.15) is 46.6 Å². The van der Waals surface area contributed by atoms with Crippen molar-refractivity contribution in [1.29, 1.82) is 0 Å². The van der Waals surface area contributed by atoms with Gasteiger partial charge in [-0.2, -0.15) is 8.42 Å². The maximum absolute atomic E-state index is 14.5. The molecule has 2 amide bonds. The number of amides is 2. The quantitative estimate of drug-likeness (QED) is 0.0171. The fourth-order valence-corrected chi connectivity index (χ4v) is 11.7. The zero-order chi connectivity index (χ0) is 49.5. The molecule has 1 fully saturated rings. The molecule has 6 aromatic carbocycles. The third-order valence-electron chi connectivity index (χ3n) is 11.9. The number of β-lactam (4-membered cyclic amide) rings is 1. The summed E-state index contributed by atoms with van der Waals surface area (Å²) in [6.45, 7) is 1.81. The van der Waals surface area contributed by atoms with Crippen molar-refractivity contribution in [2.45, 2.75) is 40.1 Å². The average molecular weight is 1000 g/mol. The SMILES string of the molecule is CO/N=C(/C(=O)NC1C(=O)N2C(C(=O)OC(c3ccccc3)c3ccccc3)=CC(/C=C/OS(=O)(=O)c3ccc(C)cc3)S(=O)C12)c1csc(NC(c2ccccc2)(c2ccccc2)c2ccccc2)n1. The Kier molecular flexibility index (Phi) is 14.2. The first-order chi connectivity index (χ1) is 34.5. The number of esters is 1. The lowest BCUT2D eigenvalue weighted by Gasteiger charge is -2.49. The number of anilines is 1. The lowest BCUT2D eigenvalue weighted by molar-refractivity contribution is -0.154. The van der Waals surface area contributed by atoms with Gasteiger partial charge in [-0.05, 0) is 59.0 Å². The van der Waals surface area contributed by atoms with E-state index in [4.69, 9.17) is 18.7 Å². The zero-order valence-electron chi connectivity index (χ0n) is 38.1. The Labute approximate surface area is 416 Å². The van der Waals surface area contributed by atoms with E-state index in [1.165, 1.54) is 42.7 Å². The van der Waals surface area contributed by atoms with Crippen LogP contribution in [0.3, 0.4) is 0 Å². The number of benzene rings is 6. The molecule has 4 atom stereocenters. The van der Waals surface area contributed by atoms with Crippen molar-refractivity contribution >= 4 is 60.9 Å². The minimum absolute atomic E-state index is 0.108. The third-order valence-corrected chi connectivity index (χ3v) is 15.6. The summed E-state index contributed by atoms with van der Waals surface area (Å²) in [6.07, 6.45) is 2.43. The number of oxime groups is 1. The molecule has 7 aromatic rings. The molecule has 2 N–H and O–H groups in total. The highest BCUT2D eigenvalue weighted by molar-refractivity contribution is 7.87. The number of aryl methyl sites for hydroxylation is 1. The summed E-state index contributed by atoms with van der Waals surface area (Å²) in [7, 11) is -5.14. The van der Waals surface area contributed by atoms with Crippen LogP contribution < -0.4 is 10.6 Å². The summed E-state index contributed by atoms with van der Waals surface area (Å²) in [5, 5.41) is 9.90. The molecule has 1 aromatic heterocycles. The number of nitrogens with zero attached hydrogens (tertiary/aromatic N) is 3. The van der Waals surface area contributed by atoms with E-state index < -0.39 is 67.0 Å². The first kappa shape index (κ1) is 48.1. The standard InChI is InChI=1S/C54H45N5O9S3/c1-36-28-30-43(31-29-36)71(64,65)67-33-32-42-34-45(52(62)68-48(37-18-8-3-9-19-37)38-20-10-4-11-21-38)59-50(61)47(51(59)70(42)63)56-49(60)46(58-66-2)44-35-69-53(55-44)57-54(39-22-12-5-13-23-39,40-24-14-6-15-25-40)41-26-16-7-17-27-41/h3-35,42,47-48,51H,1-2H3,(H,55,57)(H,56,60)/b33-32+,58-46+. The first-order valence-electron chi connectivity index (χ1n) is 22.2. The van der Waals surface area contributed by atoms with Crippen LogP contribution in [0.1, 0.15) is 45.2 Å². The smallest absolute Gasteiger partial charge is 0.355 e. The van der Waals surface area contributed by atoms with Crippen LogP contribution >= 0.6 is 11.3 Å². The van der Waals surface area contributed by atoms with Crippen LogP contribution in [-0.4, -0.2) is 69.8 Å². The van der Waals surface area contributed by atoms with Crippen molar-refractivity contribution in [3.05, 3.63) is 244 Å². The van der Waals surface area contributed by atoms with Crippen molar-refractivity contribution in [1.82, 2.24) is 15.2 Å². The van der Waals surface area contributed by atoms with Gasteiger partial charge in [-0.3, -0.25) is 18.7 Å². The van der Waals surface area contributed by atoms with Gasteiger partial charge in [0.05, 0.1) is 16.0 Å². The summed E-state index contributed by atoms with van der Waals surface area (Å²) in [5.74, 6) is -2.58. The second kappa shape index (κ2) is 20.9. The van der Waals surface area contributed by atoms with Crippen LogP contribution in [0.2, 0.25) is 0 Å². The number of rotatable bonds is 17. The van der Waals surface area contributed by atoms with Crippen LogP contribution in [0.25, 0.3) is 0 Å². The van der Waals surface area contributed by atoms with E-state index >= 15 is 0 Å². The van der Waals surface area contributed by atoms with Gasteiger partial charge >= 0.3 is 16.1 Å². The molecular formula is C54H45N5O9S3. The highest BCUT2D eigenvalue weighted by Gasteiger charge is 2.58. The number of fused-ring (bicyclic) bond motifs is 1. The van der Waals surface area contributed by atoms with Crippen LogP contribution in [0.15, 0.2) is 215 Å². The maximum atomic E-state index is 14.5. The second-order valence-electron chi connectivity index (χ2n) is 16.3.